The van der Waals surface area contributed by atoms with Crippen LogP contribution in [0.5, 0.6) is 17.2 Å². The number of benzene rings is 1. The zero-order valence-corrected chi connectivity index (χ0v) is 11.6. The molecule has 0 spiro atoms. The molecular weight excluding hydrogens is 256 g/mol. The SMILES string of the molecule is COc1c(Cl)cc2c(c1OC)OC(C)(C)CC2=O. The Morgan fingerprint density at radius 2 is 1.89 bits per heavy atom. The summed E-state index contributed by atoms with van der Waals surface area (Å²) in [4.78, 5) is 12.1. The minimum atomic E-state index is -0.559. The molecule has 1 heterocycles. The van der Waals surface area contributed by atoms with Crippen LogP contribution >= 0.6 is 11.6 Å². The molecule has 0 bridgehead atoms. The van der Waals surface area contributed by atoms with Crippen molar-refractivity contribution >= 4 is 17.4 Å². The lowest BCUT2D eigenvalue weighted by Crippen LogP contribution is -2.36. The Labute approximate surface area is 111 Å². The molecule has 0 atom stereocenters. The van der Waals surface area contributed by atoms with Gasteiger partial charge >= 0.3 is 0 Å². The molecule has 0 N–H and O–H groups in total. The topological polar surface area (TPSA) is 44.8 Å². The predicted octanol–water partition coefficient (Wildman–Crippen LogP) is 3.10. The molecule has 0 saturated carbocycles. The van der Waals surface area contributed by atoms with Crippen molar-refractivity contribution in [1.29, 1.82) is 0 Å². The Bertz CT molecular complexity index is 508. The molecule has 0 saturated heterocycles. The van der Waals surface area contributed by atoms with Crippen LogP contribution in [-0.4, -0.2) is 25.6 Å². The van der Waals surface area contributed by atoms with Crippen LogP contribution in [0.2, 0.25) is 5.02 Å². The Hall–Kier alpha value is -1.42. The van der Waals surface area contributed by atoms with E-state index in [4.69, 9.17) is 25.8 Å². The van der Waals surface area contributed by atoms with Gasteiger partial charge in [0.2, 0.25) is 5.75 Å². The van der Waals surface area contributed by atoms with Crippen LogP contribution < -0.4 is 14.2 Å². The van der Waals surface area contributed by atoms with E-state index in [1.54, 1.807) is 6.07 Å². The number of ketones is 1. The second kappa shape index (κ2) is 4.35. The van der Waals surface area contributed by atoms with Gasteiger partial charge < -0.3 is 14.2 Å². The highest BCUT2D eigenvalue weighted by atomic mass is 35.5. The van der Waals surface area contributed by atoms with Crippen molar-refractivity contribution in [1.82, 2.24) is 0 Å². The van der Waals surface area contributed by atoms with E-state index in [9.17, 15) is 4.79 Å². The standard InChI is InChI=1S/C13H15ClO4/c1-13(2)6-9(15)7-5-8(14)11(16-3)12(17-4)10(7)18-13/h5H,6H2,1-4H3. The normalized spacial score (nSPS) is 16.8. The van der Waals surface area contributed by atoms with Crippen LogP contribution in [0.15, 0.2) is 6.07 Å². The first-order chi connectivity index (χ1) is 8.39. The highest BCUT2D eigenvalue weighted by molar-refractivity contribution is 6.33. The maximum absolute atomic E-state index is 12.1. The van der Waals surface area contributed by atoms with Crippen molar-refractivity contribution in [2.24, 2.45) is 0 Å². The van der Waals surface area contributed by atoms with Gasteiger partial charge in [-0.25, -0.2) is 0 Å². The van der Waals surface area contributed by atoms with Gasteiger partial charge in [-0.05, 0) is 19.9 Å². The van der Waals surface area contributed by atoms with Crippen molar-refractivity contribution in [3.63, 3.8) is 0 Å². The first kappa shape index (κ1) is 13.0. The fourth-order valence-electron chi connectivity index (χ4n) is 2.07. The van der Waals surface area contributed by atoms with Crippen LogP contribution in [-0.2, 0) is 0 Å². The Morgan fingerprint density at radius 3 is 2.44 bits per heavy atom. The summed E-state index contributed by atoms with van der Waals surface area (Å²) >= 11 is 6.07. The number of hydrogen-bond acceptors (Lipinski definition) is 4. The molecule has 4 nitrogen and oxygen atoms in total. The van der Waals surface area contributed by atoms with Crippen molar-refractivity contribution in [3.8, 4) is 17.2 Å². The Morgan fingerprint density at radius 1 is 1.28 bits per heavy atom. The number of Topliss-reactive ketones (excluding diaryl/α,β-unsaturated/α-hetero) is 1. The molecule has 1 aromatic carbocycles. The largest absolute Gasteiger partial charge is 0.491 e. The second-order valence-electron chi connectivity index (χ2n) is 4.76. The molecule has 1 aliphatic rings. The van der Waals surface area contributed by atoms with Crippen molar-refractivity contribution in [2.75, 3.05) is 14.2 Å². The van der Waals surface area contributed by atoms with E-state index < -0.39 is 5.60 Å². The van der Waals surface area contributed by atoms with Crippen LogP contribution in [0.1, 0.15) is 30.6 Å². The summed E-state index contributed by atoms with van der Waals surface area (Å²) in [6, 6.07) is 1.57. The number of carbonyl (C=O) groups excluding carboxylic acids is 1. The van der Waals surface area contributed by atoms with Crippen molar-refractivity contribution < 1.29 is 19.0 Å². The molecule has 0 aliphatic carbocycles. The molecule has 18 heavy (non-hydrogen) atoms. The maximum Gasteiger partial charge on any atom is 0.205 e. The summed E-state index contributed by atoms with van der Waals surface area (Å²) in [5, 5.41) is 0.338. The van der Waals surface area contributed by atoms with Crippen LogP contribution in [0, 0.1) is 0 Å². The summed E-state index contributed by atoms with van der Waals surface area (Å²) < 4.78 is 16.3. The van der Waals surface area contributed by atoms with Crippen LogP contribution in [0.3, 0.4) is 0 Å². The minimum Gasteiger partial charge on any atom is -0.491 e. The summed E-state index contributed by atoms with van der Waals surface area (Å²) in [5.41, 5.74) is -0.118. The smallest absolute Gasteiger partial charge is 0.205 e. The molecule has 1 aromatic rings. The number of carbonyl (C=O) groups is 1. The quantitative estimate of drug-likeness (QED) is 0.828. The molecule has 0 aromatic heterocycles. The minimum absolute atomic E-state index is 0.0101. The number of halogens is 1. The Kier molecular flexibility index (Phi) is 3.15. The van der Waals surface area contributed by atoms with E-state index in [2.05, 4.69) is 0 Å². The number of methoxy groups -OCH3 is 2. The second-order valence-corrected chi connectivity index (χ2v) is 5.17. The molecule has 98 valence electrons. The lowest BCUT2D eigenvalue weighted by molar-refractivity contribution is 0.0598. The average molecular weight is 271 g/mol. The average Bonchev–Trinajstić information content (AvgIpc) is 2.27. The van der Waals surface area contributed by atoms with Crippen molar-refractivity contribution in [2.45, 2.75) is 25.9 Å². The first-order valence-corrected chi connectivity index (χ1v) is 5.94. The maximum atomic E-state index is 12.1. The van der Waals surface area contributed by atoms with Crippen LogP contribution in [0.25, 0.3) is 0 Å². The highest BCUT2D eigenvalue weighted by Gasteiger charge is 2.36. The van der Waals surface area contributed by atoms with Gasteiger partial charge in [0.25, 0.3) is 0 Å². The third-order valence-electron chi connectivity index (χ3n) is 2.82. The van der Waals surface area contributed by atoms with Crippen LogP contribution in [0.4, 0.5) is 0 Å². The van der Waals surface area contributed by atoms with E-state index >= 15 is 0 Å². The highest BCUT2D eigenvalue weighted by Crippen LogP contribution is 2.48. The zero-order chi connectivity index (χ0) is 13.5. The van der Waals surface area contributed by atoms with Gasteiger partial charge in [0, 0.05) is 0 Å². The molecule has 0 fully saturated rings. The van der Waals surface area contributed by atoms with E-state index in [1.165, 1.54) is 14.2 Å². The molecule has 1 aliphatic heterocycles. The zero-order valence-electron chi connectivity index (χ0n) is 10.8. The van der Waals surface area contributed by atoms with E-state index in [0.29, 0.717) is 34.3 Å². The lowest BCUT2D eigenvalue weighted by atomic mass is 9.92. The molecule has 0 unspecified atom stereocenters. The monoisotopic (exact) mass is 270 g/mol. The van der Waals surface area contributed by atoms with E-state index in [-0.39, 0.29) is 5.78 Å². The number of ether oxygens (including phenoxy) is 3. The van der Waals surface area contributed by atoms with Gasteiger partial charge in [0.1, 0.15) is 5.60 Å². The molecule has 0 amide bonds. The van der Waals surface area contributed by atoms with Gasteiger partial charge in [-0.3, -0.25) is 4.79 Å². The summed E-state index contributed by atoms with van der Waals surface area (Å²) in [6.07, 6.45) is 0.311. The predicted molar refractivity (Wildman–Crippen MR) is 68.2 cm³/mol. The van der Waals surface area contributed by atoms with Crippen molar-refractivity contribution in [3.05, 3.63) is 16.7 Å². The van der Waals surface area contributed by atoms with Gasteiger partial charge in [0.05, 0.1) is 31.2 Å². The first-order valence-electron chi connectivity index (χ1n) is 5.56. The molecule has 0 radical (unpaired) electrons. The van der Waals surface area contributed by atoms with Gasteiger partial charge in [-0.2, -0.15) is 0 Å². The Balaban J connectivity index is 2.69. The number of fused-ring (bicyclic) bond motifs is 1. The summed E-state index contributed by atoms with van der Waals surface area (Å²) in [5.74, 6) is 1.13. The fourth-order valence-corrected chi connectivity index (χ4v) is 2.34. The van der Waals surface area contributed by atoms with E-state index in [1.807, 2.05) is 13.8 Å². The third kappa shape index (κ3) is 2.01. The number of rotatable bonds is 2. The number of hydrogen-bond donors (Lipinski definition) is 0. The summed E-state index contributed by atoms with van der Waals surface area (Å²) in [6.45, 7) is 3.71. The molecule has 5 heteroatoms. The molecular formula is C13H15ClO4. The lowest BCUT2D eigenvalue weighted by Gasteiger charge is -2.33. The van der Waals surface area contributed by atoms with Gasteiger partial charge in [-0.1, -0.05) is 11.6 Å². The molecule has 2 rings (SSSR count). The van der Waals surface area contributed by atoms with E-state index in [0.717, 1.165) is 0 Å². The fraction of sp³-hybridized carbons (Fsp3) is 0.462. The summed E-state index contributed by atoms with van der Waals surface area (Å²) in [7, 11) is 2.98. The third-order valence-corrected chi connectivity index (χ3v) is 3.10. The van der Waals surface area contributed by atoms with Gasteiger partial charge in [0.15, 0.2) is 17.3 Å². The van der Waals surface area contributed by atoms with Gasteiger partial charge in [-0.15, -0.1) is 0 Å².